The first kappa shape index (κ1) is 21.2. The molecule has 4 nitrogen and oxygen atoms in total. The van der Waals surface area contributed by atoms with Gasteiger partial charge < -0.3 is 15.5 Å². The van der Waals surface area contributed by atoms with Crippen LogP contribution in [0.4, 0.5) is 18.9 Å². The number of alkyl halides is 3. The molecule has 0 saturated carbocycles. The molecule has 2 N–H and O–H groups in total. The number of carbonyl (C=O) groups is 1. The normalized spacial score (nSPS) is 12.9. The Morgan fingerprint density at radius 3 is 2.41 bits per heavy atom. The number of halogens is 4. The van der Waals surface area contributed by atoms with Gasteiger partial charge in [0, 0.05) is 18.1 Å². The molecule has 27 heavy (non-hydrogen) atoms. The Hall–Kier alpha value is -2.09. The Balaban J connectivity index is 2.26. The molecule has 2 aromatic carbocycles. The van der Waals surface area contributed by atoms with Crippen molar-refractivity contribution in [1.29, 1.82) is 0 Å². The highest BCUT2D eigenvalue weighted by Crippen LogP contribution is 2.36. The van der Waals surface area contributed by atoms with Crippen molar-refractivity contribution < 1.29 is 18.0 Å². The van der Waals surface area contributed by atoms with Crippen molar-refractivity contribution in [1.82, 2.24) is 10.2 Å². The number of carbonyl (C=O) groups excluding carboxylic acids is 1. The van der Waals surface area contributed by atoms with E-state index in [1.54, 1.807) is 30.3 Å². The molecular formula is C19H21ClF3N3O. The third-order valence-corrected chi connectivity index (χ3v) is 4.08. The number of rotatable bonds is 7. The van der Waals surface area contributed by atoms with E-state index in [1.807, 2.05) is 19.0 Å². The molecule has 1 atom stereocenters. The summed E-state index contributed by atoms with van der Waals surface area (Å²) >= 11 is 5.69. The van der Waals surface area contributed by atoms with Crippen LogP contribution in [0, 0.1) is 0 Å². The number of amides is 1. The largest absolute Gasteiger partial charge is 0.418 e. The summed E-state index contributed by atoms with van der Waals surface area (Å²) in [6.45, 7) is 1.16. The van der Waals surface area contributed by atoms with Gasteiger partial charge in [-0.2, -0.15) is 13.2 Å². The topological polar surface area (TPSA) is 44.4 Å². The molecule has 2 aromatic rings. The van der Waals surface area contributed by atoms with E-state index >= 15 is 0 Å². The second-order valence-electron chi connectivity index (χ2n) is 6.28. The smallest absolute Gasteiger partial charge is 0.324 e. The highest BCUT2D eigenvalue weighted by molar-refractivity contribution is 6.30. The first-order valence-corrected chi connectivity index (χ1v) is 8.67. The van der Waals surface area contributed by atoms with Crippen LogP contribution in [0.1, 0.15) is 17.2 Å². The van der Waals surface area contributed by atoms with E-state index in [1.165, 1.54) is 6.07 Å². The van der Waals surface area contributed by atoms with Crippen LogP contribution >= 0.6 is 11.6 Å². The lowest BCUT2D eigenvalue weighted by molar-refractivity contribution is -0.137. The van der Waals surface area contributed by atoms with Gasteiger partial charge in [0.15, 0.2) is 0 Å². The summed E-state index contributed by atoms with van der Waals surface area (Å²) in [5, 5.41) is 5.43. The van der Waals surface area contributed by atoms with E-state index in [4.69, 9.17) is 11.6 Å². The molecule has 0 aromatic heterocycles. The fourth-order valence-electron chi connectivity index (χ4n) is 2.50. The molecule has 0 bridgehead atoms. The van der Waals surface area contributed by atoms with Gasteiger partial charge in [0.05, 0.1) is 11.3 Å². The van der Waals surface area contributed by atoms with Crippen molar-refractivity contribution >= 4 is 23.2 Å². The maximum Gasteiger partial charge on any atom is 0.418 e. The lowest BCUT2D eigenvalue weighted by Crippen LogP contribution is -2.37. The van der Waals surface area contributed by atoms with Gasteiger partial charge >= 0.3 is 6.18 Å². The first-order valence-electron chi connectivity index (χ1n) is 8.29. The average Bonchev–Trinajstić information content (AvgIpc) is 2.60. The van der Waals surface area contributed by atoms with Gasteiger partial charge in [0.1, 0.15) is 6.04 Å². The minimum Gasteiger partial charge on any atom is -0.324 e. The summed E-state index contributed by atoms with van der Waals surface area (Å²) in [4.78, 5) is 14.7. The Labute approximate surface area is 161 Å². The fraction of sp³-hybridized carbons (Fsp3) is 0.316. The Kier molecular flexibility index (Phi) is 7.24. The van der Waals surface area contributed by atoms with E-state index < -0.39 is 23.7 Å². The van der Waals surface area contributed by atoms with Crippen LogP contribution in [0.3, 0.4) is 0 Å². The van der Waals surface area contributed by atoms with Gasteiger partial charge in [0.2, 0.25) is 5.91 Å². The second-order valence-corrected chi connectivity index (χ2v) is 6.71. The minimum atomic E-state index is -4.63. The van der Waals surface area contributed by atoms with Crippen LogP contribution in [0.5, 0.6) is 0 Å². The molecule has 2 rings (SSSR count). The average molecular weight is 400 g/mol. The van der Waals surface area contributed by atoms with Gasteiger partial charge in [-0.25, -0.2) is 0 Å². The van der Waals surface area contributed by atoms with Crippen molar-refractivity contribution in [3.05, 3.63) is 64.7 Å². The predicted molar refractivity (Wildman–Crippen MR) is 101 cm³/mol. The minimum absolute atomic E-state index is 0.0518. The lowest BCUT2D eigenvalue weighted by Gasteiger charge is -2.21. The molecule has 8 heteroatoms. The number of nitrogens with zero attached hydrogens (tertiary/aromatic N) is 1. The summed E-state index contributed by atoms with van der Waals surface area (Å²) in [5.74, 6) is -0.576. The summed E-state index contributed by atoms with van der Waals surface area (Å²) < 4.78 is 39.8. The van der Waals surface area contributed by atoms with E-state index in [0.717, 1.165) is 12.1 Å². The second kappa shape index (κ2) is 9.21. The zero-order valence-electron chi connectivity index (χ0n) is 15.0. The van der Waals surface area contributed by atoms with Crippen LogP contribution in [0.15, 0.2) is 48.5 Å². The van der Waals surface area contributed by atoms with Gasteiger partial charge in [-0.05, 0) is 37.9 Å². The standard InChI is InChI=1S/C19H21ClF3N3O/c1-26(2)11-10-24-17(13-6-4-3-5-7-13)18(27)25-16-9-8-14(20)12-15(16)19(21,22)23/h3-9,12,17,24H,10-11H2,1-2H3,(H,25,27). The molecule has 0 radical (unpaired) electrons. The molecular weight excluding hydrogens is 379 g/mol. The highest BCUT2D eigenvalue weighted by atomic mass is 35.5. The van der Waals surface area contributed by atoms with Crippen LogP contribution in [0.25, 0.3) is 0 Å². The number of anilines is 1. The third kappa shape index (κ3) is 6.23. The van der Waals surface area contributed by atoms with Crippen molar-refractivity contribution in [2.75, 3.05) is 32.5 Å². The zero-order chi connectivity index (χ0) is 20.0. The van der Waals surface area contributed by atoms with E-state index in [0.29, 0.717) is 18.7 Å². The van der Waals surface area contributed by atoms with E-state index in [9.17, 15) is 18.0 Å². The van der Waals surface area contributed by atoms with Gasteiger partial charge in [-0.1, -0.05) is 41.9 Å². The molecule has 0 heterocycles. The van der Waals surface area contributed by atoms with Crippen LogP contribution < -0.4 is 10.6 Å². The molecule has 0 saturated heterocycles. The molecule has 0 aliphatic heterocycles. The highest BCUT2D eigenvalue weighted by Gasteiger charge is 2.34. The van der Waals surface area contributed by atoms with Crippen LogP contribution in [-0.4, -0.2) is 38.0 Å². The molecule has 146 valence electrons. The Morgan fingerprint density at radius 2 is 1.81 bits per heavy atom. The Bertz CT molecular complexity index is 767. The summed E-state index contributed by atoms with van der Waals surface area (Å²) in [7, 11) is 3.78. The van der Waals surface area contributed by atoms with Gasteiger partial charge in [-0.3, -0.25) is 4.79 Å². The SMILES string of the molecule is CN(C)CCNC(C(=O)Nc1ccc(Cl)cc1C(F)(F)F)c1ccccc1. The van der Waals surface area contributed by atoms with Gasteiger partial charge in [0.25, 0.3) is 0 Å². The lowest BCUT2D eigenvalue weighted by atomic mass is 10.1. The number of benzene rings is 2. The third-order valence-electron chi connectivity index (χ3n) is 3.85. The zero-order valence-corrected chi connectivity index (χ0v) is 15.7. The van der Waals surface area contributed by atoms with Crippen LogP contribution in [0.2, 0.25) is 5.02 Å². The Morgan fingerprint density at radius 1 is 1.15 bits per heavy atom. The maximum atomic E-state index is 13.3. The summed E-state index contributed by atoms with van der Waals surface area (Å²) in [6.07, 6.45) is -4.63. The number of hydrogen-bond acceptors (Lipinski definition) is 3. The quantitative estimate of drug-likeness (QED) is 0.733. The van der Waals surface area contributed by atoms with Crippen molar-refractivity contribution in [2.45, 2.75) is 12.2 Å². The summed E-state index contributed by atoms with van der Waals surface area (Å²) in [5.41, 5.74) is -0.646. The monoisotopic (exact) mass is 399 g/mol. The number of hydrogen-bond donors (Lipinski definition) is 2. The van der Waals surface area contributed by atoms with Crippen molar-refractivity contribution in [3.8, 4) is 0 Å². The van der Waals surface area contributed by atoms with Crippen molar-refractivity contribution in [2.24, 2.45) is 0 Å². The van der Waals surface area contributed by atoms with Crippen LogP contribution in [-0.2, 0) is 11.0 Å². The van der Waals surface area contributed by atoms with Gasteiger partial charge in [-0.15, -0.1) is 0 Å². The van der Waals surface area contributed by atoms with E-state index in [2.05, 4.69) is 10.6 Å². The number of nitrogens with one attached hydrogen (secondary N) is 2. The first-order chi connectivity index (χ1) is 12.7. The maximum absolute atomic E-state index is 13.3. The molecule has 0 spiro atoms. The molecule has 0 fully saturated rings. The molecule has 1 amide bonds. The van der Waals surface area contributed by atoms with E-state index in [-0.39, 0.29) is 10.7 Å². The fourth-order valence-corrected chi connectivity index (χ4v) is 2.68. The van der Waals surface area contributed by atoms with Crippen molar-refractivity contribution in [3.63, 3.8) is 0 Å². The molecule has 0 aliphatic rings. The predicted octanol–water partition coefficient (Wildman–Crippen LogP) is 4.19. The molecule has 0 aliphatic carbocycles. The molecule has 1 unspecified atom stereocenters. The number of likely N-dealkylation sites (N-methyl/N-ethyl adjacent to an activating group) is 1. The summed E-state index contributed by atoms with van der Waals surface area (Å²) in [6, 6.07) is 11.3.